The van der Waals surface area contributed by atoms with Gasteiger partial charge in [0.15, 0.2) is 0 Å². The molecule has 1 amide bonds. The molecule has 0 spiro atoms. The van der Waals surface area contributed by atoms with E-state index in [1.54, 1.807) is 0 Å². The zero-order chi connectivity index (χ0) is 13.1. The normalized spacial score (nSPS) is 20.3. The molecule has 18 heavy (non-hydrogen) atoms. The fourth-order valence-corrected chi connectivity index (χ4v) is 2.48. The third-order valence-corrected chi connectivity index (χ3v) is 3.57. The number of hydrogen-bond donors (Lipinski definition) is 1. The Morgan fingerprint density at radius 3 is 2.72 bits per heavy atom. The van der Waals surface area contributed by atoms with Gasteiger partial charge in [-0.1, -0.05) is 32.0 Å². The minimum atomic E-state index is 0.255. The molecule has 1 aliphatic heterocycles. The summed E-state index contributed by atoms with van der Waals surface area (Å²) < 4.78 is 0. The molecule has 0 aliphatic carbocycles. The molecule has 1 heterocycles. The van der Waals surface area contributed by atoms with Crippen LogP contribution < -0.4 is 5.32 Å². The largest absolute Gasteiger partial charge is 0.380 e. The number of amides is 1. The van der Waals surface area contributed by atoms with Crippen molar-refractivity contribution in [1.29, 1.82) is 0 Å². The smallest absolute Gasteiger partial charge is 0.222 e. The molecule has 1 unspecified atom stereocenters. The minimum Gasteiger partial charge on any atom is -0.380 e. The third kappa shape index (κ3) is 2.84. The minimum absolute atomic E-state index is 0.255. The Labute approximate surface area is 109 Å². The standard InChI is InChI=1S/C15H22N2O/c1-11(2)13-6-4-5-7-14(13)16-12-8-9-15(18)17(3)10-12/h4-7,11-12,16H,8-10H2,1-3H3. The van der Waals surface area contributed by atoms with Gasteiger partial charge in [-0.05, 0) is 24.0 Å². The number of nitrogens with zero attached hydrogens (tertiary/aromatic N) is 1. The van der Waals surface area contributed by atoms with Crippen molar-refractivity contribution in [2.45, 2.75) is 38.6 Å². The molecule has 0 aromatic heterocycles. The van der Waals surface area contributed by atoms with Crippen molar-refractivity contribution in [3.63, 3.8) is 0 Å². The van der Waals surface area contributed by atoms with Crippen LogP contribution in [0.5, 0.6) is 0 Å². The van der Waals surface area contributed by atoms with Gasteiger partial charge < -0.3 is 10.2 Å². The van der Waals surface area contributed by atoms with E-state index in [2.05, 4.69) is 43.4 Å². The summed E-state index contributed by atoms with van der Waals surface area (Å²) in [6.07, 6.45) is 1.58. The van der Waals surface area contributed by atoms with E-state index in [-0.39, 0.29) is 5.91 Å². The number of carbonyl (C=O) groups is 1. The van der Waals surface area contributed by atoms with Crippen LogP contribution >= 0.6 is 0 Å². The van der Waals surface area contributed by atoms with Crippen LogP contribution in [0.4, 0.5) is 5.69 Å². The average Bonchev–Trinajstić information content (AvgIpc) is 2.34. The number of para-hydroxylation sites is 1. The molecule has 1 saturated heterocycles. The van der Waals surface area contributed by atoms with Crippen LogP contribution in [0.2, 0.25) is 0 Å². The maximum absolute atomic E-state index is 11.5. The van der Waals surface area contributed by atoms with Crippen molar-refractivity contribution in [2.24, 2.45) is 0 Å². The van der Waals surface area contributed by atoms with Gasteiger partial charge >= 0.3 is 0 Å². The van der Waals surface area contributed by atoms with Gasteiger partial charge in [0.25, 0.3) is 0 Å². The van der Waals surface area contributed by atoms with Crippen molar-refractivity contribution in [3.8, 4) is 0 Å². The number of hydrogen-bond acceptors (Lipinski definition) is 2. The Morgan fingerprint density at radius 2 is 2.06 bits per heavy atom. The summed E-state index contributed by atoms with van der Waals surface area (Å²) >= 11 is 0. The predicted octanol–water partition coefficient (Wildman–Crippen LogP) is 2.84. The summed E-state index contributed by atoms with van der Waals surface area (Å²) in [6, 6.07) is 8.81. The summed E-state index contributed by atoms with van der Waals surface area (Å²) in [5.41, 5.74) is 2.55. The van der Waals surface area contributed by atoms with E-state index in [1.165, 1.54) is 11.3 Å². The second-order valence-corrected chi connectivity index (χ2v) is 5.40. The molecule has 1 aliphatic rings. The first-order valence-corrected chi connectivity index (χ1v) is 6.67. The molecule has 0 saturated carbocycles. The lowest BCUT2D eigenvalue weighted by molar-refractivity contribution is -0.132. The number of anilines is 1. The summed E-state index contributed by atoms with van der Waals surface area (Å²) in [6.45, 7) is 5.21. The lowest BCUT2D eigenvalue weighted by Gasteiger charge is -2.31. The lowest BCUT2D eigenvalue weighted by Crippen LogP contribution is -2.43. The highest BCUT2D eigenvalue weighted by Gasteiger charge is 2.23. The van der Waals surface area contributed by atoms with Gasteiger partial charge in [0.1, 0.15) is 0 Å². The van der Waals surface area contributed by atoms with E-state index >= 15 is 0 Å². The third-order valence-electron chi connectivity index (χ3n) is 3.57. The number of rotatable bonds is 3. The van der Waals surface area contributed by atoms with Crippen LogP contribution in [-0.2, 0) is 4.79 Å². The second kappa shape index (κ2) is 5.42. The van der Waals surface area contributed by atoms with Gasteiger partial charge in [-0.25, -0.2) is 0 Å². The maximum atomic E-state index is 11.5. The number of nitrogens with one attached hydrogen (secondary N) is 1. The van der Waals surface area contributed by atoms with E-state index in [1.807, 2.05) is 11.9 Å². The van der Waals surface area contributed by atoms with E-state index < -0.39 is 0 Å². The van der Waals surface area contributed by atoms with Gasteiger partial charge in [-0.3, -0.25) is 4.79 Å². The van der Waals surface area contributed by atoms with Crippen LogP contribution in [-0.4, -0.2) is 30.4 Å². The molecule has 0 radical (unpaired) electrons. The van der Waals surface area contributed by atoms with E-state index in [9.17, 15) is 4.79 Å². The second-order valence-electron chi connectivity index (χ2n) is 5.40. The number of benzene rings is 1. The zero-order valence-electron chi connectivity index (χ0n) is 11.4. The summed E-state index contributed by atoms with van der Waals surface area (Å²) in [5, 5.41) is 3.59. The van der Waals surface area contributed by atoms with Crippen molar-refractivity contribution in [1.82, 2.24) is 4.90 Å². The molecule has 3 heteroatoms. The van der Waals surface area contributed by atoms with E-state index in [4.69, 9.17) is 0 Å². The summed E-state index contributed by atoms with van der Waals surface area (Å²) in [7, 11) is 1.88. The van der Waals surface area contributed by atoms with Crippen molar-refractivity contribution in [2.75, 3.05) is 18.9 Å². The Bertz CT molecular complexity index is 428. The lowest BCUT2D eigenvalue weighted by atomic mass is 9.99. The first-order valence-electron chi connectivity index (χ1n) is 6.67. The summed E-state index contributed by atoms with van der Waals surface area (Å²) in [4.78, 5) is 13.3. The number of likely N-dealkylation sites (tertiary alicyclic amines) is 1. The maximum Gasteiger partial charge on any atom is 0.222 e. The molecule has 1 aromatic rings. The molecule has 1 N–H and O–H groups in total. The zero-order valence-corrected chi connectivity index (χ0v) is 11.4. The molecule has 2 rings (SSSR count). The van der Waals surface area contributed by atoms with Gasteiger partial charge in [0.05, 0.1) is 0 Å². The molecular formula is C15H22N2O. The first-order chi connectivity index (χ1) is 8.58. The molecule has 1 aromatic carbocycles. The van der Waals surface area contributed by atoms with Crippen molar-refractivity contribution >= 4 is 11.6 Å². The quantitative estimate of drug-likeness (QED) is 0.889. The van der Waals surface area contributed by atoms with Crippen molar-refractivity contribution in [3.05, 3.63) is 29.8 Å². The number of carbonyl (C=O) groups excluding carboxylic acids is 1. The van der Waals surface area contributed by atoms with Gasteiger partial charge in [-0.2, -0.15) is 0 Å². The molecule has 3 nitrogen and oxygen atoms in total. The van der Waals surface area contributed by atoms with Gasteiger partial charge in [-0.15, -0.1) is 0 Å². The SMILES string of the molecule is CC(C)c1ccccc1NC1CCC(=O)N(C)C1. The molecule has 98 valence electrons. The Morgan fingerprint density at radius 1 is 1.33 bits per heavy atom. The van der Waals surface area contributed by atoms with Crippen molar-refractivity contribution < 1.29 is 4.79 Å². The molecule has 1 atom stereocenters. The Hall–Kier alpha value is -1.51. The van der Waals surface area contributed by atoms with Crippen LogP contribution in [0.25, 0.3) is 0 Å². The van der Waals surface area contributed by atoms with Gasteiger partial charge in [0, 0.05) is 31.7 Å². The fraction of sp³-hybridized carbons (Fsp3) is 0.533. The molecule has 1 fully saturated rings. The monoisotopic (exact) mass is 246 g/mol. The van der Waals surface area contributed by atoms with Crippen LogP contribution in [0.1, 0.15) is 38.2 Å². The first kappa shape index (κ1) is 12.9. The van der Waals surface area contributed by atoms with Crippen LogP contribution in [0.3, 0.4) is 0 Å². The highest BCUT2D eigenvalue weighted by molar-refractivity contribution is 5.77. The Kier molecular flexibility index (Phi) is 3.90. The number of piperidine rings is 1. The fourth-order valence-electron chi connectivity index (χ4n) is 2.48. The topological polar surface area (TPSA) is 32.3 Å². The summed E-state index contributed by atoms with van der Waals surface area (Å²) in [5.74, 6) is 0.766. The average molecular weight is 246 g/mol. The van der Waals surface area contributed by atoms with E-state index in [0.29, 0.717) is 18.4 Å². The highest BCUT2D eigenvalue weighted by atomic mass is 16.2. The molecule has 0 bridgehead atoms. The van der Waals surface area contributed by atoms with E-state index in [0.717, 1.165) is 13.0 Å². The van der Waals surface area contributed by atoms with Crippen LogP contribution in [0, 0.1) is 0 Å². The van der Waals surface area contributed by atoms with Gasteiger partial charge in [0.2, 0.25) is 5.91 Å². The molecular weight excluding hydrogens is 224 g/mol. The predicted molar refractivity (Wildman–Crippen MR) is 74.8 cm³/mol. The highest BCUT2D eigenvalue weighted by Crippen LogP contribution is 2.25. The number of likely N-dealkylation sites (N-methyl/N-ethyl adjacent to an activating group) is 1. The Balaban J connectivity index is 2.08. The van der Waals surface area contributed by atoms with Crippen LogP contribution in [0.15, 0.2) is 24.3 Å².